The summed E-state index contributed by atoms with van der Waals surface area (Å²) in [6, 6.07) is 29.5. The molecule has 12 rings (SSSR count). The largest absolute Gasteiger partial charge is 0.445 e. The second kappa shape index (κ2) is 23.2. The summed E-state index contributed by atoms with van der Waals surface area (Å²) in [5.74, 6) is 1.18. The summed E-state index contributed by atoms with van der Waals surface area (Å²) < 4.78 is 10.3. The number of carbonyl (C=O) groups is 4. The minimum Gasteiger partial charge on any atom is -0.445 e. The van der Waals surface area contributed by atoms with Gasteiger partial charge < -0.3 is 39.9 Å². The van der Waals surface area contributed by atoms with Gasteiger partial charge in [-0.3, -0.25) is 9.59 Å². The molecule has 2 saturated heterocycles. The van der Waals surface area contributed by atoms with Crippen molar-refractivity contribution in [3.63, 3.8) is 0 Å². The fourth-order valence-electron chi connectivity index (χ4n) is 10.9. The van der Waals surface area contributed by atoms with Gasteiger partial charge in [-0.25, -0.2) is 19.6 Å². The van der Waals surface area contributed by atoms with Gasteiger partial charge in [-0.15, -0.1) is 0 Å². The third-order valence-electron chi connectivity index (χ3n) is 15.1. The van der Waals surface area contributed by atoms with Gasteiger partial charge in [0, 0.05) is 13.1 Å². The van der Waals surface area contributed by atoms with Crippen LogP contribution in [0.2, 0.25) is 0 Å². The van der Waals surface area contributed by atoms with Crippen LogP contribution in [0, 0.1) is 11.8 Å². The van der Waals surface area contributed by atoms with Crippen molar-refractivity contribution in [1.29, 1.82) is 0 Å². The molecule has 6 aromatic rings. The monoisotopic (exact) mass is 1010 g/mol. The molecule has 4 aromatic carbocycles. The fourth-order valence-corrected chi connectivity index (χ4v) is 10.9. The second-order valence-electron chi connectivity index (χ2n) is 20.9. The number of H-pyrrole nitrogens is 2. The van der Waals surface area contributed by atoms with Crippen LogP contribution in [0.1, 0.15) is 112 Å². The summed E-state index contributed by atoms with van der Waals surface area (Å²) in [6.45, 7) is 18.5. The summed E-state index contributed by atoms with van der Waals surface area (Å²) in [7, 11) is 0. The van der Waals surface area contributed by atoms with E-state index in [4.69, 9.17) is 19.4 Å². The summed E-state index contributed by atoms with van der Waals surface area (Å²) in [5, 5.41) is 5.53. The number of nitrogens with zero attached hydrogens (tertiary/aromatic N) is 4. The van der Waals surface area contributed by atoms with Crippen LogP contribution < -0.4 is 10.6 Å². The van der Waals surface area contributed by atoms with E-state index in [0.29, 0.717) is 13.1 Å². The Morgan fingerprint density at radius 2 is 1.11 bits per heavy atom. The molecule has 5 atom stereocenters. The predicted octanol–water partition coefficient (Wildman–Crippen LogP) is 11.4. The van der Waals surface area contributed by atoms with Gasteiger partial charge in [-0.2, -0.15) is 0 Å². The standard InChI is InChI=1S/C61H70N8O6/c1-8-30-74-60(72)66-54(37(3)4)58(70)68-28-10-12-52(68)56-62-35-50(64-56)44-23-18-42(19-24-44)48-33-40-14-16-41-22-27-46(39(7)32-47(48)17-15-40)34-49(41)43-20-25-45(26-21-43)51-36-63-57(65-51)53-13-11-29-69(53)59(71)55(38(5)6)67-61(73)75-31-9-2/h8-9,15,17-27,33-39,52-55H,1-2,10-14,16,28-32H2,3-7H3,(H,62,64)(H,63,65)(H,66,72)(H,67,73)/t39-,52+,53+,54+,55+/m1/s1. The molecule has 6 aliphatic rings. The van der Waals surface area contributed by atoms with E-state index in [0.717, 1.165) is 90.2 Å². The third-order valence-corrected chi connectivity index (χ3v) is 15.1. The Balaban J connectivity index is 0.873. The number of carbonyl (C=O) groups excluding carboxylic acids is 4. The van der Waals surface area contributed by atoms with Crippen molar-refractivity contribution in [3.8, 4) is 44.8 Å². The Morgan fingerprint density at radius 1 is 0.640 bits per heavy atom. The van der Waals surface area contributed by atoms with Crippen LogP contribution in [0.25, 0.3) is 44.8 Å². The van der Waals surface area contributed by atoms with Crippen molar-refractivity contribution < 1.29 is 28.7 Å². The Labute approximate surface area is 440 Å². The molecule has 4 N–H and O–H groups in total. The third kappa shape index (κ3) is 11.6. The molecule has 0 radical (unpaired) electrons. The maximum Gasteiger partial charge on any atom is 0.408 e. The lowest BCUT2D eigenvalue weighted by atomic mass is 9.84. The van der Waals surface area contributed by atoms with Crippen molar-refractivity contribution in [2.75, 3.05) is 26.3 Å². The van der Waals surface area contributed by atoms with Gasteiger partial charge in [0.2, 0.25) is 11.8 Å². The van der Waals surface area contributed by atoms with Gasteiger partial charge in [0.05, 0.1) is 35.9 Å². The van der Waals surface area contributed by atoms with Crippen LogP contribution in [0.3, 0.4) is 0 Å². The molecule has 390 valence electrons. The molecule has 4 amide bonds. The highest BCUT2D eigenvalue weighted by molar-refractivity contribution is 5.87. The van der Waals surface area contributed by atoms with E-state index >= 15 is 0 Å². The number of aromatic nitrogens is 4. The van der Waals surface area contributed by atoms with Crippen LogP contribution in [-0.4, -0.2) is 92.1 Å². The van der Waals surface area contributed by atoms with Gasteiger partial charge in [0.1, 0.15) is 36.9 Å². The van der Waals surface area contributed by atoms with Crippen molar-refractivity contribution in [2.45, 2.75) is 110 Å². The topological polar surface area (TPSA) is 175 Å². The van der Waals surface area contributed by atoms with Crippen molar-refractivity contribution in [3.05, 3.63) is 157 Å². The minimum atomic E-state index is -0.721. The molecule has 2 aliphatic heterocycles. The summed E-state index contributed by atoms with van der Waals surface area (Å²) in [5.41, 5.74) is 13.8. The Hall–Kier alpha value is -7.74. The normalized spacial score (nSPS) is 18.1. The molecule has 14 nitrogen and oxygen atoms in total. The number of amides is 4. The maximum absolute atomic E-state index is 13.9. The molecule has 2 fully saturated rings. The van der Waals surface area contributed by atoms with E-state index in [9.17, 15) is 19.2 Å². The molecule has 4 aliphatic carbocycles. The number of hydrogen-bond acceptors (Lipinski definition) is 8. The van der Waals surface area contributed by atoms with Gasteiger partial charge in [0.25, 0.3) is 0 Å². The fraction of sp³-hybridized carbons (Fsp3) is 0.377. The van der Waals surface area contributed by atoms with Crippen LogP contribution in [0.5, 0.6) is 0 Å². The first-order valence-electron chi connectivity index (χ1n) is 26.6. The van der Waals surface area contributed by atoms with Crippen LogP contribution in [-0.2, 0) is 38.3 Å². The van der Waals surface area contributed by atoms with Gasteiger partial charge in [-0.1, -0.05) is 145 Å². The summed E-state index contributed by atoms with van der Waals surface area (Å²) >= 11 is 0. The molecule has 75 heavy (non-hydrogen) atoms. The number of likely N-dealkylation sites (tertiary alicyclic amines) is 2. The number of ether oxygens (including phenoxy) is 2. The number of nitrogens with one attached hydrogen (secondary N) is 4. The van der Waals surface area contributed by atoms with Crippen molar-refractivity contribution >= 4 is 24.0 Å². The highest BCUT2D eigenvalue weighted by Crippen LogP contribution is 2.38. The zero-order chi connectivity index (χ0) is 52.8. The van der Waals surface area contributed by atoms with E-state index < -0.39 is 24.3 Å². The lowest BCUT2D eigenvalue weighted by Gasteiger charge is -2.30. The first-order valence-corrected chi connectivity index (χ1v) is 26.6. The van der Waals surface area contributed by atoms with Crippen molar-refractivity contribution in [1.82, 2.24) is 40.4 Å². The van der Waals surface area contributed by atoms with Gasteiger partial charge in [0.15, 0.2) is 0 Å². The number of alkyl carbamates (subject to hydrolysis) is 2. The average Bonchev–Trinajstić information content (AvgIpc) is 4.29. The first kappa shape index (κ1) is 52.1. The van der Waals surface area contributed by atoms with E-state index in [2.05, 4.69) is 126 Å². The highest BCUT2D eigenvalue weighted by Gasteiger charge is 2.39. The summed E-state index contributed by atoms with van der Waals surface area (Å²) in [6.07, 6.45) is 11.3. The Bertz CT molecular complexity index is 3030. The predicted molar refractivity (Wildman–Crippen MR) is 292 cm³/mol. The SMILES string of the molecule is C=CCOC(=O)N[C@H](C(=O)N1CCC[C@H]1c1ncc(-c2ccc(-c3cc4ccc3CCc3ccc(c(-c5ccc(-c6cnc([C@@H]7CCCN7C(=O)[C@@H](NC(=O)OCC=C)C(C)C)[nH]6)cc5)c3)C[C@H]4C)cc2)[nH]1)C(C)C. The molecular formula is C61H70N8O6. The van der Waals surface area contributed by atoms with E-state index in [1.54, 1.807) is 0 Å². The maximum atomic E-state index is 13.9. The van der Waals surface area contributed by atoms with Crippen LogP contribution in [0.15, 0.2) is 123 Å². The van der Waals surface area contributed by atoms with Crippen molar-refractivity contribution in [2.24, 2.45) is 11.8 Å². The lowest BCUT2D eigenvalue weighted by molar-refractivity contribution is -0.136. The Morgan fingerprint density at radius 3 is 1.59 bits per heavy atom. The molecular weight excluding hydrogens is 941 g/mol. The highest BCUT2D eigenvalue weighted by atomic mass is 16.6. The number of aromatic amines is 2. The second-order valence-corrected chi connectivity index (χ2v) is 20.9. The quantitative estimate of drug-likeness (QED) is 0.0693. The van der Waals surface area contributed by atoms with E-state index in [1.165, 1.54) is 45.5 Å². The Kier molecular flexibility index (Phi) is 16.1. The molecule has 0 spiro atoms. The number of imidazole rings is 2. The van der Waals surface area contributed by atoms with Gasteiger partial charge in [-0.05, 0) is 118 Å². The van der Waals surface area contributed by atoms with E-state index in [-0.39, 0.29) is 54.9 Å². The first-order chi connectivity index (χ1) is 36.3. The summed E-state index contributed by atoms with van der Waals surface area (Å²) in [4.78, 5) is 72.8. The smallest absolute Gasteiger partial charge is 0.408 e. The minimum absolute atomic E-state index is 0.0707. The molecule has 4 bridgehead atoms. The molecule has 0 unspecified atom stereocenters. The lowest BCUT2D eigenvalue weighted by Crippen LogP contribution is -2.51. The van der Waals surface area contributed by atoms with Crippen LogP contribution in [0.4, 0.5) is 9.59 Å². The average molecular weight is 1010 g/mol. The van der Waals surface area contributed by atoms with Crippen LogP contribution >= 0.6 is 0 Å². The van der Waals surface area contributed by atoms with Gasteiger partial charge >= 0.3 is 12.2 Å². The molecule has 4 heterocycles. The molecule has 0 saturated carbocycles. The number of rotatable bonds is 16. The number of benzene rings is 4. The van der Waals surface area contributed by atoms with E-state index in [1.807, 2.05) is 49.9 Å². The molecule has 14 heteroatoms. The number of hydrogen-bond donors (Lipinski definition) is 4. The zero-order valence-corrected chi connectivity index (χ0v) is 43.9. The molecule has 2 aromatic heterocycles. The zero-order valence-electron chi connectivity index (χ0n) is 43.9. The number of aryl methyl sites for hydroxylation is 2.